The lowest BCUT2D eigenvalue weighted by Gasteiger charge is -2.38. The summed E-state index contributed by atoms with van der Waals surface area (Å²) in [5, 5.41) is 13.7. The highest BCUT2D eigenvalue weighted by Crippen LogP contribution is 2.23. The molecule has 0 aromatic heterocycles. The molecule has 2 rings (SSSR count). The molecular formula is C18H27FN2O3. The Labute approximate surface area is 142 Å². The number of hydrogen-bond acceptors (Lipinski definition) is 4. The molecule has 2 N–H and O–H groups in total. The smallest absolute Gasteiger partial charge is 0.410 e. The Hall–Kier alpha value is -1.66. The van der Waals surface area contributed by atoms with Crippen LogP contribution in [0.5, 0.6) is 0 Å². The van der Waals surface area contributed by atoms with Gasteiger partial charge in [-0.1, -0.05) is 18.2 Å². The van der Waals surface area contributed by atoms with E-state index in [0.717, 1.165) is 0 Å². The van der Waals surface area contributed by atoms with Gasteiger partial charge in [0.2, 0.25) is 0 Å². The van der Waals surface area contributed by atoms with E-state index in [9.17, 15) is 14.3 Å². The summed E-state index contributed by atoms with van der Waals surface area (Å²) in [7, 11) is 0. The third-order valence-corrected chi connectivity index (χ3v) is 4.07. The van der Waals surface area contributed by atoms with Crippen LogP contribution in [0.4, 0.5) is 9.18 Å². The van der Waals surface area contributed by atoms with Crippen molar-refractivity contribution in [3.05, 3.63) is 35.6 Å². The largest absolute Gasteiger partial charge is 0.444 e. The Bertz CT molecular complexity index is 564. The predicted octanol–water partition coefficient (Wildman–Crippen LogP) is 2.68. The SMILES string of the molecule is CC(C)(C)OC(=O)N1CCC(O)(CNCc2ccccc2F)CC1. The maximum absolute atomic E-state index is 13.6. The number of carbonyl (C=O) groups excluding carboxylic acids is 1. The number of piperidine rings is 1. The Balaban J connectivity index is 1.78. The fraction of sp³-hybridized carbons (Fsp3) is 0.611. The number of halogens is 1. The van der Waals surface area contributed by atoms with Gasteiger partial charge < -0.3 is 20.1 Å². The van der Waals surface area contributed by atoms with Gasteiger partial charge in [0.1, 0.15) is 11.4 Å². The first kappa shape index (κ1) is 18.7. The standard InChI is InChI=1S/C18H27FN2O3/c1-17(2,3)24-16(22)21-10-8-18(23,9-11-21)13-20-12-14-6-4-5-7-15(14)19/h4-7,20,23H,8-13H2,1-3H3. The first-order valence-corrected chi connectivity index (χ1v) is 8.33. The molecular weight excluding hydrogens is 311 g/mol. The van der Waals surface area contributed by atoms with Crippen LogP contribution in [0.25, 0.3) is 0 Å². The van der Waals surface area contributed by atoms with Crippen LogP contribution in [-0.4, -0.2) is 46.9 Å². The van der Waals surface area contributed by atoms with Gasteiger partial charge in [0.05, 0.1) is 5.60 Å². The molecule has 0 radical (unpaired) electrons. The fourth-order valence-electron chi connectivity index (χ4n) is 2.68. The van der Waals surface area contributed by atoms with E-state index in [4.69, 9.17) is 4.74 Å². The molecule has 1 saturated heterocycles. The molecule has 0 saturated carbocycles. The van der Waals surface area contributed by atoms with E-state index in [2.05, 4.69) is 5.32 Å². The zero-order chi connectivity index (χ0) is 17.8. The van der Waals surface area contributed by atoms with Crippen molar-refractivity contribution in [3.63, 3.8) is 0 Å². The minimum atomic E-state index is -0.885. The minimum absolute atomic E-state index is 0.253. The highest BCUT2D eigenvalue weighted by atomic mass is 19.1. The summed E-state index contributed by atoms with van der Waals surface area (Å²) in [4.78, 5) is 13.6. The number of likely N-dealkylation sites (tertiary alicyclic amines) is 1. The first-order valence-electron chi connectivity index (χ1n) is 8.33. The molecule has 0 atom stereocenters. The van der Waals surface area contributed by atoms with Crippen molar-refractivity contribution in [1.29, 1.82) is 0 Å². The molecule has 1 heterocycles. The van der Waals surface area contributed by atoms with E-state index < -0.39 is 11.2 Å². The lowest BCUT2D eigenvalue weighted by molar-refractivity contribution is -0.0311. The van der Waals surface area contributed by atoms with Gasteiger partial charge in [-0.3, -0.25) is 0 Å². The second kappa shape index (κ2) is 7.49. The number of nitrogens with one attached hydrogen (secondary N) is 1. The molecule has 5 nitrogen and oxygen atoms in total. The minimum Gasteiger partial charge on any atom is -0.444 e. The van der Waals surface area contributed by atoms with Gasteiger partial charge >= 0.3 is 6.09 Å². The maximum Gasteiger partial charge on any atom is 0.410 e. The van der Waals surface area contributed by atoms with Crippen molar-refractivity contribution in [2.45, 2.75) is 51.4 Å². The van der Waals surface area contributed by atoms with Crippen LogP contribution in [0.3, 0.4) is 0 Å². The molecule has 0 aliphatic carbocycles. The van der Waals surface area contributed by atoms with Crippen LogP contribution in [0.1, 0.15) is 39.2 Å². The fourth-order valence-corrected chi connectivity index (χ4v) is 2.68. The van der Waals surface area contributed by atoms with Crippen LogP contribution < -0.4 is 5.32 Å². The van der Waals surface area contributed by atoms with Crippen molar-refractivity contribution < 1.29 is 19.0 Å². The molecule has 0 unspecified atom stereocenters. The molecule has 1 aromatic carbocycles. The molecule has 1 aromatic rings. The van der Waals surface area contributed by atoms with E-state index in [-0.39, 0.29) is 11.9 Å². The number of rotatable bonds is 4. The quantitative estimate of drug-likeness (QED) is 0.886. The summed E-state index contributed by atoms with van der Waals surface area (Å²) in [5.74, 6) is -0.253. The summed E-state index contributed by atoms with van der Waals surface area (Å²) >= 11 is 0. The zero-order valence-corrected chi connectivity index (χ0v) is 14.6. The van der Waals surface area contributed by atoms with Gasteiger partial charge in [0, 0.05) is 31.7 Å². The van der Waals surface area contributed by atoms with Crippen molar-refractivity contribution >= 4 is 6.09 Å². The predicted molar refractivity (Wildman–Crippen MR) is 90.1 cm³/mol. The van der Waals surface area contributed by atoms with E-state index in [1.54, 1.807) is 23.1 Å². The van der Waals surface area contributed by atoms with Crippen LogP contribution in [-0.2, 0) is 11.3 Å². The number of benzene rings is 1. The Kier molecular flexibility index (Phi) is 5.83. The topological polar surface area (TPSA) is 61.8 Å². The Morgan fingerprint density at radius 1 is 1.33 bits per heavy atom. The Morgan fingerprint density at radius 2 is 1.96 bits per heavy atom. The molecule has 1 amide bonds. The van der Waals surface area contributed by atoms with E-state index in [1.165, 1.54) is 6.07 Å². The van der Waals surface area contributed by atoms with Crippen molar-refractivity contribution in [2.24, 2.45) is 0 Å². The van der Waals surface area contributed by atoms with Gasteiger partial charge in [-0.05, 0) is 39.7 Å². The van der Waals surface area contributed by atoms with Crippen molar-refractivity contribution in [1.82, 2.24) is 10.2 Å². The highest BCUT2D eigenvalue weighted by Gasteiger charge is 2.35. The second-order valence-electron chi connectivity index (χ2n) is 7.39. The monoisotopic (exact) mass is 338 g/mol. The normalized spacial score (nSPS) is 17.6. The average Bonchev–Trinajstić information content (AvgIpc) is 2.48. The molecule has 1 aliphatic heterocycles. The summed E-state index contributed by atoms with van der Waals surface area (Å²) in [5.41, 5.74) is -0.831. The Morgan fingerprint density at radius 3 is 2.54 bits per heavy atom. The van der Waals surface area contributed by atoms with Gasteiger partial charge in [0.25, 0.3) is 0 Å². The van der Waals surface area contributed by atoms with E-state index in [0.29, 0.717) is 44.6 Å². The van der Waals surface area contributed by atoms with Gasteiger partial charge in [-0.25, -0.2) is 9.18 Å². The maximum atomic E-state index is 13.6. The van der Waals surface area contributed by atoms with Crippen molar-refractivity contribution in [3.8, 4) is 0 Å². The summed E-state index contributed by atoms with van der Waals surface area (Å²) < 4.78 is 18.9. The number of aliphatic hydroxyl groups is 1. The molecule has 0 spiro atoms. The van der Waals surface area contributed by atoms with Crippen LogP contribution in [0, 0.1) is 5.82 Å². The van der Waals surface area contributed by atoms with Crippen LogP contribution in [0.2, 0.25) is 0 Å². The van der Waals surface area contributed by atoms with E-state index in [1.807, 2.05) is 20.8 Å². The highest BCUT2D eigenvalue weighted by molar-refractivity contribution is 5.68. The van der Waals surface area contributed by atoms with Crippen LogP contribution >= 0.6 is 0 Å². The summed E-state index contributed by atoms with van der Waals surface area (Å²) in [6, 6.07) is 6.58. The summed E-state index contributed by atoms with van der Waals surface area (Å²) in [6.45, 7) is 7.13. The van der Waals surface area contributed by atoms with Gasteiger partial charge in [0.15, 0.2) is 0 Å². The third kappa shape index (κ3) is 5.46. The lowest BCUT2D eigenvalue weighted by atomic mass is 9.91. The number of carbonyl (C=O) groups is 1. The molecule has 6 heteroatoms. The number of hydrogen-bond donors (Lipinski definition) is 2. The summed E-state index contributed by atoms with van der Waals surface area (Å²) in [6.07, 6.45) is 0.594. The number of ether oxygens (including phenoxy) is 1. The molecule has 24 heavy (non-hydrogen) atoms. The first-order chi connectivity index (χ1) is 11.2. The second-order valence-corrected chi connectivity index (χ2v) is 7.39. The number of amides is 1. The lowest BCUT2D eigenvalue weighted by Crippen LogP contribution is -2.52. The van der Waals surface area contributed by atoms with Gasteiger partial charge in [-0.2, -0.15) is 0 Å². The van der Waals surface area contributed by atoms with E-state index >= 15 is 0 Å². The third-order valence-electron chi connectivity index (χ3n) is 4.07. The average molecular weight is 338 g/mol. The van der Waals surface area contributed by atoms with Gasteiger partial charge in [-0.15, -0.1) is 0 Å². The van der Waals surface area contributed by atoms with Crippen LogP contribution in [0.15, 0.2) is 24.3 Å². The zero-order valence-electron chi connectivity index (χ0n) is 14.6. The molecule has 1 fully saturated rings. The molecule has 0 bridgehead atoms. The van der Waals surface area contributed by atoms with Crippen molar-refractivity contribution in [2.75, 3.05) is 19.6 Å². The molecule has 1 aliphatic rings. The molecule has 134 valence electrons. The number of nitrogens with zero attached hydrogens (tertiary/aromatic N) is 1.